The lowest BCUT2D eigenvalue weighted by Gasteiger charge is -2.26. The number of halogens is 3. The van der Waals surface area contributed by atoms with Gasteiger partial charge in [0.05, 0.1) is 5.69 Å². The number of hydrogen-bond donors (Lipinski definition) is 1. The van der Waals surface area contributed by atoms with Crippen LogP contribution < -0.4 is 10.2 Å². The topological polar surface area (TPSA) is 66.5 Å². The van der Waals surface area contributed by atoms with Gasteiger partial charge in [-0.25, -0.2) is 9.69 Å². The highest BCUT2D eigenvalue weighted by atomic mass is 79.9. The van der Waals surface area contributed by atoms with Crippen LogP contribution in [0.15, 0.2) is 46.4 Å². The Balaban J connectivity index is 2.05. The summed E-state index contributed by atoms with van der Waals surface area (Å²) in [5.74, 6) is -1.51. The third-order valence-electron chi connectivity index (χ3n) is 3.76. The minimum atomic E-state index is -0.805. The monoisotopic (exact) mass is 452 g/mol. The van der Waals surface area contributed by atoms with E-state index in [1.165, 1.54) is 12.1 Å². The maximum atomic E-state index is 12.8. The van der Waals surface area contributed by atoms with E-state index in [-0.39, 0.29) is 10.6 Å². The van der Waals surface area contributed by atoms with Crippen molar-refractivity contribution in [1.82, 2.24) is 5.32 Å². The molecule has 0 saturated carbocycles. The third kappa shape index (κ3) is 3.53. The Morgan fingerprint density at radius 3 is 2.46 bits per heavy atom. The average Bonchev–Trinajstić information content (AvgIpc) is 2.56. The van der Waals surface area contributed by atoms with Crippen LogP contribution in [0.1, 0.15) is 11.1 Å². The number of imide groups is 2. The molecule has 0 unspecified atom stereocenters. The molecule has 0 aromatic heterocycles. The van der Waals surface area contributed by atoms with Gasteiger partial charge >= 0.3 is 6.03 Å². The van der Waals surface area contributed by atoms with Gasteiger partial charge < -0.3 is 0 Å². The molecule has 4 amide bonds. The van der Waals surface area contributed by atoms with Crippen LogP contribution >= 0.6 is 39.1 Å². The minimum absolute atomic E-state index is 0.200. The summed E-state index contributed by atoms with van der Waals surface area (Å²) in [5, 5.41) is 2.89. The van der Waals surface area contributed by atoms with Gasteiger partial charge in [-0.3, -0.25) is 14.9 Å². The summed E-state index contributed by atoms with van der Waals surface area (Å²) in [6, 6.07) is 8.88. The molecule has 3 rings (SSSR count). The fourth-order valence-corrected chi connectivity index (χ4v) is 3.14. The first-order valence-electron chi connectivity index (χ1n) is 7.40. The van der Waals surface area contributed by atoms with Gasteiger partial charge in [0.15, 0.2) is 0 Å². The molecule has 5 nitrogen and oxygen atoms in total. The molecule has 0 radical (unpaired) electrons. The molecule has 1 fully saturated rings. The fourth-order valence-electron chi connectivity index (χ4n) is 2.43. The number of barbiturate groups is 1. The zero-order valence-electron chi connectivity index (χ0n) is 13.3. The molecular weight excluding hydrogens is 443 g/mol. The van der Waals surface area contributed by atoms with Gasteiger partial charge in [0.1, 0.15) is 5.57 Å². The summed E-state index contributed by atoms with van der Waals surface area (Å²) < 4.78 is 0.839. The molecule has 2 aromatic rings. The van der Waals surface area contributed by atoms with Gasteiger partial charge in [0.2, 0.25) is 0 Å². The largest absolute Gasteiger partial charge is 0.335 e. The van der Waals surface area contributed by atoms with E-state index in [0.29, 0.717) is 16.3 Å². The predicted molar refractivity (Wildman–Crippen MR) is 104 cm³/mol. The summed E-state index contributed by atoms with van der Waals surface area (Å²) in [7, 11) is 0. The molecule has 1 heterocycles. The van der Waals surface area contributed by atoms with Crippen LogP contribution in [-0.2, 0) is 9.59 Å². The Hall–Kier alpha value is -2.15. The predicted octanol–water partition coefficient (Wildman–Crippen LogP) is 4.73. The Labute approximate surface area is 167 Å². The zero-order valence-corrected chi connectivity index (χ0v) is 16.4. The highest BCUT2D eigenvalue weighted by molar-refractivity contribution is 9.10. The van der Waals surface area contributed by atoms with Crippen LogP contribution in [-0.4, -0.2) is 17.8 Å². The second-order valence-corrected chi connectivity index (χ2v) is 7.26. The Morgan fingerprint density at radius 2 is 1.81 bits per heavy atom. The molecule has 1 aliphatic rings. The van der Waals surface area contributed by atoms with Gasteiger partial charge in [-0.2, -0.15) is 0 Å². The smallest absolute Gasteiger partial charge is 0.273 e. The minimum Gasteiger partial charge on any atom is -0.273 e. The summed E-state index contributed by atoms with van der Waals surface area (Å²) in [4.78, 5) is 38.1. The van der Waals surface area contributed by atoms with E-state index in [1.807, 2.05) is 6.92 Å². The van der Waals surface area contributed by atoms with E-state index in [4.69, 9.17) is 23.2 Å². The first kappa shape index (κ1) is 18.6. The Bertz CT molecular complexity index is 988. The van der Waals surface area contributed by atoms with Crippen molar-refractivity contribution < 1.29 is 14.4 Å². The number of carbonyl (C=O) groups is 3. The molecular formula is C18H11BrCl2N2O3. The number of anilines is 1. The molecule has 8 heteroatoms. The van der Waals surface area contributed by atoms with Gasteiger partial charge in [0, 0.05) is 14.5 Å². The summed E-state index contributed by atoms with van der Waals surface area (Å²) in [5.41, 5.74) is 1.44. The lowest BCUT2D eigenvalue weighted by Crippen LogP contribution is -2.54. The van der Waals surface area contributed by atoms with Crippen molar-refractivity contribution in [3.05, 3.63) is 67.6 Å². The quantitative estimate of drug-likeness (QED) is 0.527. The number of nitrogens with one attached hydrogen (secondary N) is 1. The number of nitrogens with zero attached hydrogens (tertiary/aromatic N) is 1. The van der Waals surface area contributed by atoms with Crippen molar-refractivity contribution in [3.63, 3.8) is 0 Å². The van der Waals surface area contributed by atoms with E-state index in [1.54, 1.807) is 30.3 Å². The lowest BCUT2D eigenvalue weighted by atomic mass is 10.1. The molecule has 0 bridgehead atoms. The van der Waals surface area contributed by atoms with E-state index in [2.05, 4.69) is 21.2 Å². The maximum absolute atomic E-state index is 12.8. The van der Waals surface area contributed by atoms with Crippen molar-refractivity contribution in [1.29, 1.82) is 0 Å². The SMILES string of the molecule is Cc1cc(N2C(=O)NC(=O)/C(=C\c3ccc(Cl)cc3Cl)C2=O)ccc1Br. The van der Waals surface area contributed by atoms with Crippen LogP contribution in [0.4, 0.5) is 10.5 Å². The van der Waals surface area contributed by atoms with Gasteiger partial charge in [-0.15, -0.1) is 0 Å². The Morgan fingerprint density at radius 1 is 1.08 bits per heavy atom. The van der Waals surface area contributed by atoms with Crippen molar-refractivity contribution in [2.45, 2.75) is 6.92 Å². The third-order valence-corrected chi connectivity index (χ3v) is 5.22. The lowest BCUT2D eigenvalue weighted by molar-refractivity contribution is -0.122. The first-order chi connectivity index (χ1) is 12.3. The Kier molecular flexibility index (Phi) is 5.18. The van der Waals surface area contributed by atoms with Crippen molar-refractivity contribution in [2.24, 2.45) is 0 Å². The molecule has 1 saturated heterocycles. The van der Waals surface area contributed by atoms with Gasteiger partial charge in [-0.05, 0) is 54.5 Å². The number of amides is 4. The van der Waals surface area contributed by atoms with Crippen molar-refractivity contribution in [3.8, 4) is 0 Å². The van der Waals surface area contributed by atoms with E-state index in [9.17, 15) is 14.4 Å². The van der Waals surface area contributed by atoms with Crippen LogP contribution in [0, 0.1) is 6.92 Å². The number of urea groups is 1. The molecule has 0 aliphatic carbocycles. The summed E-state index contributed by atoms with van der Waals surface area (Å²) >= 11 is 15.3. The number of rotatable bonds is 2. The average molecular weight is 454 g/mol. The van der Waals surface area contributed by atoms with Crippen LogP contribution in [0.2, 0.25) is 10.0 Å². The first-order valence-corrected chi connectivity index (χ1v) is 8.95. The number of hydrogen-bond acceptors (Lipinski definition) is 3. The molecule has 26 heavy (non-hydrogen) atoms. The van der Waals surface area contributed by atoms with Crippen LogP contribution in [0.5, 0.6) is 0 Å². The molecule has 0 spiro atoms. The van der Waals surface area contributed by atoms with Crippen molar-refractivity contribution in [2.75, 3.05) is 4.90 Å². The van der Waals surface area contributed by atoms with Crippen LogP contribution in [0.25, 0.3) is 6.08 Å². The van der Waals surface area contributed by atoms with E-state index in [0.717, 1.165) is 14.9 Å². The van der Waals surface area contributed by atoms with E-state index >= 15 is 0 Å². The standard InChI is InChI=1S/C18H11BrCl2N2O3/c1-9-6-12(4-5-14(9)19)23-17(25)13(16(24)22-18(23)26)7-10-2-3-11(20)8-15(10)21/h2-8H,1H3,(H,22,24,26)/b13-7+. The molecule has 0 atom stereocenters. The zero-order chi connectivity index (χ0) is 19.0. The van der Waals surface area contributed by atoms with Gasteiger partial charge in [-0.1, -0.05) is 45.2 Å². The fraction of sp³-hybridized carbons (Fsp3) is 0.0556. The van der Waals surface area contributed by atoms with Gasteiger partial charge in [0.25, 0.3) is 11.8 Å². The second-order valence-electron chi connectivity index (χ2n) is 5.56. The summed E-state index contributed by atoms with van der Waals surface area (Å²) in [6.45, 7) is 1.83. The molecule has 1 aliphatic heterocycles. The molecule has 2 aromatic carbocycles. The molecule has 1 N–H and O–H groups in total. The highest BCUT2D eigenvalue weighted by Gasteiger charge is 2.37. The van der Waals surface area contributed by atoms with Crippen molar-refractivity contribution >= 4 is 68.7 Å². The highest BCUT2D eigenvalue weighted by Crippen LogP contribution is 2.28. The normalized spacial score (nSPS) is 16.2. The number of carbonyl (C=O) groups excluding carboxylic acids is 3. The maximum Gasteiger partial charge on any atom is 0.335 e. The molecule has 132 valence electrons. The number of aryl methyl sites for hydroxylation is 1. The second kappa shape index (κ2) is 7.23. The van der Waals surface area contributed by atoms with E-state index < -0.39 is 17.8 Å². The summed E-state index contributed by atoms with van der Waals surface area (Å²) in [6.07, 6.45) is 1.33. The van der Waals surface area contributed by atoms with Crippen LogP contribution in [0.3, 0.4) is 0 Å². The number of benzene rings is 2.